The van der Waals surface area contributed by atoms with Crippen molar-refractivity contribution in [1.82, 2.24) is 4.98 Å². The highest BCUT2D eigenvalue weighted by molar-refractivity contribution is 5.75. The first kappa shape index (κ1) is 15.9. The Morgan fingerprint density at radius 3 is 2.62 bits per heavy atom. The molecule has 0 amide bonds. The van der Waals surface area contributed by atoms with E-state index in [-0.39, 0.29) is 12.4 Å². The SMILES string of the molecule is CCOC(=O)Cc1nc(-c2ccc(OC)cc2)oc1-c1ccco1. The molecule has 0 saturated carbocycles. The van der Waals surface area contributed by atoms with E-state index in [0.29, 0.717) is 29.7 Å². The van der Waals surface area contributed by atoms with Crippen LogP contribution in [0.2, 0.25) is 0 Å². The highest BCUT2D eigenvalue weighted by Crippen LogP contribution is 2.31. The van der Waals surface area contributed by atoms with Crippen LogP contribution in [0, 0.1) is 0 Å². The van der Waals surface area contributed by atoms with E-state index in [1.807, 2.05) is 24.3 Å². The number of ether oxygens (including phenoxy) is 2. The maximum atomic E-state index is 11.8. The lowest BCUT2D eigenvalue weighted by Crippen LogP contribution is -2.08. The molecule has 0 saturated heterocycles. The lowest BCUT2D eigenvalue weighted by Gasteiger charge is -1.99. The molecule has 124 valence electrons. The topological polar surface area (TPSA) is 74.7 Å². The van der Waals surface area contributed by atoms with Crippen LogP contribution >= 0.6 is 0 Å². The summed E-state index contributed by atoms with van der Waals surface area (Å²) in [4.78, 5) is 16.3. The zero-order valence-electron chi connectivity index (χ0n) is 13.4. The van der Waals surface area contributed by atoms with Crippen LogP contribution in [0.3, 0.4) is 0 Å². The maximum absolute atomic E-state index is 11.8. The summed E-state index contributed by atoms with van der Waals surface area (Å²) in [5, 5.41) is 0. The molecule has 24 heavy (non-hydrogen) atoms. The third-order valence-electron chi connectivity index (χ3n) is 3.40. The molecule has 0 unspecified atom stereocenters. The maximum Gasteiger partial charge on any atom is 0.312 e. The number of carbonyl (C=O) groups excluding carboxylic acids is 1. The first-order chi connectivity index (χ1) is 11.7. The molecule has 3 aromatic rings. The number of nitrogens with zero attached hydrogens (tertiary/aromatic N) is 1. The molecule has 1 aromatic carbocycles. The Hall–Kier alpha value is -3.02. The van der Waals surface area contributed by atoms with Gasteiger partial charge in [-0.1, -0.05) is 0 Å². The summed E-state index contributed by atoms with van der Waals surface area (Å²) in [6.07, 6.45) is 1.56. The zero-order chi connectivity index (χ0) is 16.9. The van der Waals surface area contributed by atoms with E-state index in [1.165, 1.54) is 0 Å². The van der Waals surface area contributed by atoms with Crippen LogP contribution in [-0.4, -0.2) is 24.7 Å². The van der Waals surface area contributed by atoms with Gasteiger partial charge < -0.3 is 18.3 Å². The first-order valence-electron chi connectivity index (χ1n) is 7.55. The molecular weight excluding hydrogens is 310 g/mol. The molecule has 3 rings (SSSR count). The van der Waals surface area contributed by atoms with Gasteiger partial charge in [0.05, 0.1) is 26.4 Å². The molecule has 2 heterocycles. The zero-order valence-corrected chi connectivity index (χ0v) is 13.4. The number of aromatic nitrogens is 1. The fourth-order valence-corrected chi connectivity index (χ4v) is 2.28. The molecule has 0 aliphatic heterocycles. The number of methoxy groups -OCH3 is 1. The highest BCUT2D eigenvalue weighted by Gasteiger charge is 2.21. The molecule has 6 nitrogen and oxygen atoms in total. The van der Waals surface area contributed by atoms with Crippen LogP contribution in [0.5, 0.6) is 5.75 Å². The Bertz CT molecular complexity index is 803. The Balaban J connectivity index is 1.97. The van der Waals surface area contributed by atoms with Gasteiger partial charge in [0, 0.05) is 5.56 Å². The average Bonchev–Trinajstić information content (AvgIpc) is 3.24. The summed E-state index contributed by atoms with van der Waals surface area (Å²) < 4.78 is 21.4. The van der Waals surface area contributed by atoms with Crippen molar-refractivity contribution in [3.8, 4) is 28.7 Å². The van der Waals surface area contributed by atoms with Crippen molar-refractivity contribution in [3.63, 3.8) is 0 Å². The largest absolute Gasteiger partial charge is 0.497 e. The Labute approximate surface area is 139 Å². The quantitative estimate of drug-likeness (QED) is 0.642. The fourth-order valence-electron chi connectivity index (χ4n) is 2.28. The molecule has 6 heteroatoms. The van der Waals surface area contributed by atoms with Gasteiger partial charge in [-0.3, -0.25) is 4.79 Å². The van der Waals surface area contributed by atoms with Crippen molar-refractivity contribution in [3.05, 3.63) is 48.4 Å². The minimum Gasteiger partial charge on any atom is -0.497 e. The molecule has 0 aliphatic rings. The summed E-state index contributed by atoms with van der Waals surface area (Å²) in [7, 11) is 1.60. The Morgan fingerprint density at radius 2 is 2.00 bits per heavy atom. The third kappa shape index (κ3) is 3.32. The number of hydrogen-bond acceptors (Lipinski definition) is 6. The molecule has 0 radical (unpaired) electrons. The predicted molar refractivity (Wildman–Crippen MR) is 86.5 cm³/mol. The van der Waals surface area contributed by atoms with E-state index in [4.69, 9.17) is 18.3 Å². The summed E-state index contributed by atoms with van der Waals surface area (Å²) in [5.74, 6) is 1.73. The second-order valence-corrected chi connectivity index (χ2v) is 4.98. The summed E-state index contributed by atoms with van der Waals surface area (Å²) in [5.41, 5.74) is 1.26. The third-order valence-corrected chi connectivity index (χ3v) is 3.40. The van der Waals surface area contributed by atoms with Gasteiger partial charge in [0.15, 0.2) is 11.5 Å². The number of furan rings is 1. The molecule has 0 spiro atoms. The van der Waals surface area contributed by atoms with E-state index < -0.39 is 0 Å². The van der Waals surface area contributed by atoms with Gasteiger partial charge in [-0.2, -0.15) is 0 Å². The van der Waals surface area contributed by atoms with Gasteiger partial charge in [-0.15, -0.1) is 0 Å². The van der Waals surface area contributed by atoms with Crippen LogP contribution in [0.1, 0.15) is 12.6 Å². The van der Waals surface area contributed by atoms with Crippen LogP contribution in [0.25, 0.3) is 23.0 Å². The van der Waals surface area contributed by atoms with Gasteiger partial charge in [-0.05, 0) is 43.3 Å². The molecule has 0 fully saturated rings. The second kappa shape index (κ2) is 7.04. The summed E-state index contributed by atoms with van der Waals surface area (Å²) >= 11 is 0. The normalized spacial score (nSPS) is 10.6. The van der Waals surface area contributed by atoms with Gasteiger partial charge >= 0.3 is 5.97 Å². The van der Waals surface area contributed by atoms with E-state index in [9.17, 15) is 4.79 Å². The molecular formula is C18H17NO5. The van der Waals surface area contributed by atoms with Crippen molar-refractivity contribution in [2.45, 2.75) is 13.3 Å². The van der Waals surface area contributed by atoms with E-state index >= 15 is 0 Å². The molecule has 0 aliphatic carbocycles. The second-order valence-electron chi connectivity index (χ2n) is 4.98. The minimum atomic E-state index is -0.361. The first-order valence-corrected chi connectivity index (χ1v) is 7.55. The van der Waals surface area contributed by atoms with Gasteiger partial charge in [0.2, 0.25) is 5.89 Å². The fraction of sp³-hybridized carbons (Fsp3) is 0.222. The summed E-state index contributed by atoms with van der Waals surface area (Å²) in [6, 6.07) is 10.8. The van der Waals surface area contributed by atoms with Crippen molar-refractivity contribution in [2.75, 3.05) is 13.7 Å². The molecule has 0 atom stereocenters. The van der Waals surface area contributed by atoms with Crippen LogP contribution in [0.4, 0.5) is 0 Å². The van der Waals surface area contributed by atoms with Gasteiger partial charge in [0.1, 0.15) is 11.4 Å². The number of carbonyl (C=O) groups is 1. The van der Waals surface area contributed by atoms with Gasteiger partial charge in [0.25, 0.3) is 0 Å². The monoisotopic (exact) mass is 327 g/mol. The predicted octanol–water partition coefficient (Wildman–Crippen LogP) is 3.72. The highest BCUT2D eigenvalue weighted by atomic mass is 16.5. The van der Waals surface area contributed by atoms with Crippen LogP contribution in [-0.2, 0) is 16.0 Å². The average molecular weight is 327 g/mol. The van der Waals surface area contributed by atoms with Crippen molar-refractivity contribution in [2.24, 2.45) is 0 Å². The van der Waals surface area contributed by atoms with Crippen molar-refractivity contribution < 1.29 is 23.1 Å². The number of oxazole rings is 1. The minimum absolute atomic E-state index is 0.0174. The standard InChI is InChI=1S/C18H17NO5/c1-3-22-16(20)11-14-17(15-5-4-10-23-15)24-18(19-14)12-6-8-13(21-2)9-7-12/h4-10H,3,11H2,1-2H3. The number of hydrogen-bond donors (Lipinski definition) is 0. The Kier molecular flexibility index (Phi) is 4.65. The van der Waals surface area contributed by atoms with Gasteiger partial charge in [-0.25, -0.2) is 4.98 Å². The van der Waals surface area contributed by atoms with E-state index in [1.54, 1.807) is 32.4 Å². The van der Waals surface area contributed by atoms with Crippen molar-refractivity contribution >= 4 is 5.97 Å². The summed E-state index contributed by atoms with van der Waals surface area (Å²) in [6.45, 7) is 2.08. The lowest BCUT2D eigenvalue weighted by atomic mass is 10.2. The number of esters is 1. The molecule has 2 aromatic heterocycles. The molecule has 0 N–H and O–H groups in total. The van der Waals surface area contributed by atoms with Crippen molar-refractivity contribution in [1.29, 1.82) is 0 Å². The van der Waals surface area contributed by atoms with E-state index in [0.717, 1.165) is 11.3 Å². The smallest absolute Gasteiger partial charge is 0.312 e. The lowest BCUT2D eigenvalue weighted by molar-refractivity contribution is -0.142. The molecule has 0 bridgehead atoms. The number of benzene rings is 1. The number of rotatable bonds is 6. The van der Waals surface area contributed by atoms with E-state index in [2.05, 4.69) is 4.98 Å². The Morgan fingerprint density at radius 1 is 1.21 bits per heavy atom. The van der Waals surface area contributed by atoms with Crippen LogP contribution < -0.4 is 4.74 Å². The van der Waals surface area contributed by atoms with Crippen LogP contribution in [0.15, 0.2) is 51.5 Å².